The van der Waals surface area contributed by atoms with Crippen LogP contribution in [0.4, 0.5) is 5.88 Å². The van der Waals surface area contributed by atoms with Crippen molar-refractivity contribution in [1.29, 1.82) is 0 Å². The van der Waals surface area contributed by atoms with Gasteiger partial charge in [0, 0.05) is 0 Å². The molecule has 7 heteroatoms. The van der Waals surface area contributed by atoms with Crippen LogP contribution in [-0.4, -0.2) is 42.5 Å². The first-order valence-corrected chi connectivity index (χ1v) is 4.86. The van der Waals surface area contributed by atoms with E-state index in [0.717, 1.165) is 13.1 Å². The monoisotopic (exact) mass is 225 g/mol. The molecule has 0 radical (unpaired) electrons. The summed E-state index contributed by atoms with van der Waals surface area (Å²) in [4.78, 5) is 9.78. The number of rotatable bonds is 3. The molecule has 86 valence electrons. The maximum absolute atomic E-state index is 10.4. The van der Waals surface area contributed by atoms with Gasteiger partial charge < -0.3 is 9.15 Å². The third-order valence-corrected chi connectivity index (χ3v) is 2.13. The normalized spacial score (nSPS) is 16.9. The van der Waals surface area contributed by atoms with Crippen molar-refractivity contribution in [3.63, 3.8) is 0 Å². The summed E-state index contributed by atoms with van der Waals surface area (Å²) in [5, 5.41) is 16.3. The van der Waals surface area contributed by atoms with E-state index in [1.165, 1.54) is 18.3 Å². The molecule has 16 heavy (non-hydrogen) atoms. The highest BCUT2D eigenvalue weighted by molar-refractivity contribution is 5.75. The molecule has 0 aromatic carbocycles. The number of nitro groups is 1. The van der Waals surface area contributed by atoms with E-state index < -0.39 is 4.92 Å². The molecule has 1 aliphatic heterocycles. The summed E-state index contributed by atoms with van der Waals surface area (Å²) in [5.41, 5.74) is 0. The summed E-state index contributed by atoms with van der Waals surface area (Å²) < 4.78 is 10.1. The Hall–Kier alpha value is -1.89. The van der Waals surface area contributed by atoms with Crippen molar-refractivity contribution in [2.75, 3.05) is 26.3 Å². The minimum atomic E-state index is -0.577. The van der Waals surface area contributed by atoms with Crippen molar-refractivity contribution < 1.29 is 14.1 Å². The maximum Gasteiger partial charge on any atom is 0.433 e. The standard InChI is InChI=1S/C9H11N3O4/c13-12(14)9-2-1-8(16-9)7-10-11-3-5-15-6-4-11/h1-2,7H,3-6H2/b10-7+. The first-order valence-electron chi connectivity index (χ1n) is 4.86. The van der Waals surface area contributed by atoms with Gasteiger partial charge in [0.25, 0.3) is 0 Å². The molecular formula is C9H11N3O4. The Bertz CT molecular complexity index is 395. The van der Waals surface area contributed by atoms with E-state index in [4.69, 9.17) is 9.15 Å². The van der Waals surface area contributed by atoms with E-state index in [2.05, 4.69) is 5.10 Å². The van der Waals surface area contributed by atoms with Gasteiger partial charge in [0.2, 0.25) is 0 Å². The number of furan rings is 1. The highest BCUT2D eigenvalue weighted by atomic mass is 16.6. The Morgan fingerprint density at radius 3 is 2.81 bits per heavy atom. The molecule has 1 saturated heterocycles. The van der Waals surface area contributed by atoms with Gasteiger partial charge in [-0.15, -0.1) is 0 Å². The quantitative estimate of drug-likeness (QED) is 0.433. The van der Waals surface area contributed by atoms with Gasteiger partial charge in [0.1, 0.15) is 4.92 Å². The van der Waals surface area contributed by atoms with Crippen LogP contribution in [0.3, 0.4) is 0 Å². The number of hydrazone groups is 1. The molecule has 0 unspecified atom stereocenters. The molecule has 0 bridgehead atoms. The van der Waals surface area contributed by atoms with E-state index in [9.17, 15) is 10.1 Å². The topological polar surface area (TPSA) is 81.1 Å². The summed E-state index contributed by atoms with van der Waals surface area (Å²) in [6, 6.07) is 2.82. The van der Waals surface area contributed by atoms with Gasteiger partial charge in [-0.1, -0.05) is 0 Å². The second kappa shape index (κ2) is 4.75. The van der Waals surface area contributed by atoms with Gasteiger partial charge in [-0.05, 0) is 6.07 Å². The molecule has 0 aliphatic carbocycles. The highest BCUT2D eigenvalue weighted by Crippen LogP contribution is 2.14. The summed E-state index contributed by atoms with van der Waals surface area (Å²) in [5.74, 6) is 0.0987. The van der Waals surface area contributed by atoms with Crippen molar-refractivity contribution in [3.8, 4) is 0 Å². The SMILES string of the molecule is O=[N+]([O-])c1ccc(/C=N/N2CCOCC2)o1. The van der Waals surface area contributed by atoms with Gasteiger partial charge >= 0.3 is 5.88 Å². The Morgan fingerprint density at radius 1 is 1.44 bits per heavy atom. The molecule has 2 heterocycles. The molecule has 1 aromatic heterocycles. The zero-order valence-electron chi connectivity index (χ0n) is 8.54. The summed E-state index contributed by atoms with van der Waals surface area (Å²) in [7, 11) is 0. The fourth-order valence-corrected chi connectivity index (χ4v) is 1.32. The number of hydrogen-bond acceptors (Lipinski definition) is 6. The van der Waals surface area contributed by atoms with Gasteiger partial charge in [0.05, 0.1) is 38.6 Å². The highest BCUT2D eigenvalue weighted by Gasteiger charge is 2.11. The van der Waals surface area contributed by atoms with Gasteiger partial charge in [0.15, 0.2) is 5.76 Å². The molecule has 0 saturated carbocycles. The Morgan fingerprint density at radius 2 is 2.19 bits per heavy atom. The van der Waals surface area contributed by atoms with Crippen LogP contribution >= 0.6 is 0 Å². The van der Waals surface area contributed by atoms with Crippen LogP contribution in [0.15, 0.2) is 21.7 Å². The molecule has 1 fully saturated rings. The zero-order valence-corrected chi connectivity index (χ0v) is 8.54. The van der Waals surface area contributed by atoms with E-state index >= 15 is 0 Å². The number of hydrogen-bond donors (Lipinski definition) is 0. The lowest BCUT2D eigenvalue weighted by Crippen LogP contribution is -2.32. The Kier molecular flexibility index (Phi) is 3.16. The first kappa shape index (κ1) is 10.6. The molecule has 1 aliphatic rings. The predicted molar refractivity (Wildman–Crippen MR) is 55.3 cm³/mol. The second-order valence-corrected chi connectivity index (χ2v) is 3.24. The molecular weight excluding hydrogens is 214 g/mol. The van der Waals surface area contributed by atoms with Crippen LogP contribution in [0.1, 0.15) is 5.76 Å². The fraction of sp³-hybridized carbons (Fsp3) is 0.444. The van der Waals surface area contributed by atoms with Gasteiger partial charge in [-0.2, -0.15) is 5.10 Å². The van der Waals surface area contributed by atoms with Gasteiger partial charge in [-0.3, -0.25) is 15.1 Å². The summed E-state index contributed by atoms with van der Waals surface area (Å²) >= 11 is 0. The van der Waals surface area contributed by atoms with Crippen LogP contribution in [-0.2, 0) is 4.74 Å². The van der Waals surface area contributed by atoms with E-state index in [1.807, 2.05) is 5.01 Å². The fourth-order valence-electron chi connectivity index (χ4n) is 1.32. The summed E-state index contributed by atoms with van der Waals surface area (Å²) in [6.45, 7) is 2.74. The second-order valence-electron chi connectivity index (χ2n) is 3.24. The zero-order chi connectivity index (χ0) is 11.4. The van der Waals surface area contributed by atoms with E-state index in [-0.39, 0.29) is 5.88 Å². The van der Waals surface area contributed by atoms with Crippen molar-refractivity contribution in [3.05, 3.63) is 28.0 Å². The van der Waals surface area contributed by atoms with Crippen molar-refractivity contribution >= 4 is 12.1 Å². The third-order valence-electron chi connectivity index (χ3n) is 2.13. The van der Waals surface area contributed by atoms with Gasteiger partial charge in [-0.25, -0.2) is 0 Å². The van der Waals surface area contributed by atoms with Crippen LogP contribution < -0.4 is 0 Å². The summed E-state index contributed by atoms with van der Waals surface area (Å²) in [6.07, 6.45) is 1.47. The molecule has 2 rings (SSSR count). The average Bonchev–Trinajstić information content (AvgIpc) is 2.76. The van der Waals surface area contributed by atoms with Crippen LogP contribution in [0.2, 0.25) is 0 Å². The molecule has 7 nitrogen and oxygen atoms in total. The van der Waals surface area contributed by atoms with Crippen molar-refractivity contribution in [1.82, 2.24) is 5.01 Å². The number of nitrogens with zero attached hydrogens (tertiary/aromatic N) is 3. The predicted octanol–water partition coefficient (Wildman–Crippen LogP) is 0.854. The van der Waals surface area contributed by atoms with Crippen molar-refractivity contribution in [2.24, 2.45) is 5.10 Å². The minimum absolute atomic E-state index is 0.275. The van der Waals surface area contributed by atoms with E-state index in [1.54, 1.807) is 0 Å². The van der Waals surface area contributed by atoms with Crippen molar-refractivity contribution in [2.45, 2.75) is 0 Å². The smallest absolute Gasteiger partial charge is 0.400 e. The molecule has 0 amide bonds. The Labute approximate surface area is 91.4 Å². The molecule has 0 spiro atoms. The number of ether oxygens (including phenoxy) is 1. The molecule has 0 N–H and O–H groups in total. The minimum Gasteiger partial charge on any atom is -0.400 e. The maximum atomic E-state index is 10.4. The third kappa shape index (κ3) is 2.57. The van der Waals surface area contributed by atoms with E-state index in [0.29, 0.717) is 19.0 Å². The lowest BCUT2D eigenvalue weighted by Gasteiger charge is -2.23. The van der Waals surface area contributed by atoms with Crippen LogP contribution in [0.25, 0.3) is 0 Å². The molecule has 1 aromatic rings. The molecule has 0 atom stereocenters. The van der Waals surface area contributed by atoms with Crippen LogP contribution in [0, 0.1) is 10.1 Å². The first-order chi connectivity index (χ1) is 7.75. The van der Waals surface area contributed by atoms with Crippen LogP contribution in [0.5, 0.6) is 0 Å². The largest absolute Gasteiger partial charge is 0.433 e. The lowest BCUT2D eigenvalue weighted by molar-refractivity contribution is -0.402. The lowest BCUT2D eigenvalue weighted by atomic mass is 10.5. The average molecular weight is 225 g/mol. The Balaban J connectivity index is 1.96. The number of morpholine rings is 1.